The number of Topliss-reactive ketones (excluding diaryl/α,β-unsaturated/α-hetero) is 1. The molecule has 3 rings (SSSR count). The van der Waals surface area contributed by atoms with Crippen LogP contribution < -0.4 is 0 Å². The number of aliphatic imine (C=N–C) groups is 1. The van der Waals surface area contributed by atoms with Crippen LogP contribution >= 0.6 is 11.6 Å². The van der Waals surface area contributed by atoms with E-state index in [9.17, 15) is 4.79 Å². The molecule has 94 valence electrons. The summed E-state index contributed by atoms with van der Waals surface area (Å²) in [6.45, 7) is 1.91. The molecule has 0 N–H and O–H groups in total. The van der Waals surface area contributed by atoms with Gasteiger partial charge in [-0.15, -0.1) is 0 Å². The van der Waals surface area contributed by atoms with Crippen LogP contribution in [-0.2, 0) is 0 Å². The Morgan fingerprint density at radius 1 is 1.26 bits per heavy atom. The first-order chi connectivity index (χ1) is 9.13. The molecule has 0 aliphatic carbocycles. The van der Waals surface area contributed by atoms with E-state index in [0.717, 1.165) is 16.8 Å². The van der Waals surface area contributed by atoms with Crippen molar-refractivity contribution >= 4 is 28.9 Å². The molecule has 0 atom stereocenters. The maximum absolute atomic E-state index is 12.2. The first-order valence-corrected chi connectivity index (χ1v) is 6.34. The fraction of sp³-hybridized carbons (Fsp3) is 0.133. The van der Waals surface area contributed by atoms with E-state index in [1.165, 1.54) is 0 Å². The molecule has 4 heteroatoms. The van der Waals surface area contributed by atoms with Crippen molar-refractivity contribution in [2.24, 2.45) is 4.99 Å². The highest BCUT2D eigenvalue weighted by atomic mass is 35.5. The second-order valence-electron chi connectivity index (χ2n) is 4.55. The number of rotatable bonds is 1. The molecule has 0 saturated heterocycles. The van der Waals surface area contributed by atoms with Gasteiger partial charge in [-0.25, -0.2) is 9.98 Å². The van der Waals surface area contributed by atoms with Crippen LogP contribution in [-0.4, -0.2) is 16.5 Å². The van der Waals surface area contributed by atoms with Gasteiger partial charge in [0.15, 0.2) is 11.6 Å². The predicted octanol–water partition coefficient (Wildman–Crippen LogP) is 3.75. The van der Waals surface area contributed by atoms with Crippen LogP contribution in [0.4, 0.5) is 5.82 Å². The molecule has 0 saturated carbocycles. The summed E-state index contributed by atoms with van der Waals surface area (Å²) in [4.78, 5) is 20.9. The minimum Gasteiger partial charge on any atom is -0.294 e. The Kier molecular flexibility index (Phi) is 2.91. The van der Waals surface area contributed by atoms with E-state index in [1.54, 1.807) is 12.3 Å². The average molecular weight is 271 g/mol. The summed E-state index contributed by atoms with van der Waals surface area (Å²) in [5.74, 6) is 0.549. The normalized spacial score (nSPS) is 14.0. The van der Waals surface area contributed by atoms with E-state index in [-0.39, 0.29) is 5.78 Å². The van der Waals surface area contributed by atoms with Gasteiger partial charge in [0.05, 0.1) is 17.7 Å². The molecule has 0 fully saturated rings. The highest BCUT2D eigenvalue weighted by Crippen LogP contribution is 2.26. The summed E-state index contributed by atoms with van der Waals surface area (Å²) < 4.78 is 0. The van der Waals surface area contributed by atoms with Crippen LogP contribution in [0.15, 0.2) is 41.5 Å². The molecule has 1 aliphatic rings. The van der Waals surface area contributed by atoms with E-state index < -0.39 is 0 Å². The molecule has 0 radical (unpaired) electrons. The molecular weight excluding hydrogens is 260 g/mol. The number of carbonyl (C=O) groups excluding carboxylic acids is 1. The fourth-order valence-electron chi connectivity index (χ4n) is 2.11. The van der Waals surface area contributed by atoms with E-state index in [4.69, 9.17) is 11.6 Å². The standard InChI is InChI=1S/C15H11ClN2O/c1-9-5-12-14(19)7-13(18-15(12)17-8-9)10-3-2-4-11(16)6-10/h2-6,8H,7H2,1H3. The monoisotopic (exact) mass is 270 g/mol. The van der Waals surface area contributed by atoms with Gasteiger partial charge < -0.3 is 0 Å². The van der Waals surface area contributed by atoms with Gasteiger partial charge in [-0.2, -0.15) is 0 Å². The number of benzene rings is 1. The first-order valence-electron chi connectivity index (χ1n) is 5.97. The third-order valence-corrected chi connectivity index (χ3v) is 3.27. The lowest BCUT2D eigenvalue weighted by Crippen LogP contribution is -2.15. The Hall–Kier alpha value is -2.00. The lowest BCUT2D eigenvalue weighted by Gasteiger charge is -2.14. The van der Waals surface area contributed by atoms with Crippen molar-refractivity contribution in [3.8, 4) is 0 Å². The smallest absolute Gasteiger partial charge is 0.172 e. The van der Waals surface area contributed by atoms with Crippen molar-refractivity contribution in [2.45, 2.75) is 13.3 Å². The van der Waals surface area contributed by atoms with Crippen LogP contribution in [0, 0.1) is 6.92 Å². The fourth-order valence-corrected chi connectivity index (χ4v) is 2.30. The number of pyridine rings is 1. The van der Waals surface area contributed by atoms with Crippen LogP contribution in [0.1, 0.15) is 27.9 Å². The van der Waals surface area contributed by atoms with Gasteiger partial charge in [-0.1, -0.05) is 23.7 Å². The number of halogens is 1. The minimum atomic E-state index is 0.0520. The van der Waals surface area contributed by atoms with E-state index in [1.807, 2.05) is 31.2 Å². The number of fused-ring (bicyclic) bond motifs is 1. The summed E-state index contributed by atoms with van der Waals surface area (Å²) in [5.41, 5.74) is 3.16. The average Bonchev–Trinajstić information content (AvgIpc) is 2.39. The molecule has 0 amide bonds. The highest BCUT2D eigenvalue weighted by molar-refractivity contribution is 6.31. The van der Waals surface area contributed by atoms with Crippen molar-refractivity contribution in [3.05, 3.63) is 58.2 Å². The van der Waals surface area contributed by atoms with Crippen LogP contribution in [0.3, 0.4) is 0 Å². The second kappa shape index (κ2) is 4.59. The van der Waals surface area contributed by atoms with Crippen molar-refractivity contribution in [3.63, 3.8) is 0 Å². The van der Waals surface area contributed by atoms with E-state index in [0.29, 0.717) is 22.8 Å². The molecule has 1 aromatic carbocycles. The number of hydrogen-bond donors (Lipinski definition) is 0. The lowest BCUT2D eigenvalue weighted by molar-refractivity contribution is 0.0999. The minimum absolute atomic E-state index is 0.0520. The number of hydrogen-bond acceptors (Lipinski definition) is 3. The Morgan fingerprint density at radius 3 is 2.89 bits per heavy atom. The third-order valence-electron chi connectivity index (χ3n) is 3.03. The molecule has 2 aromatic rings. The topological polar surface area (TPSA) is 42.3 Å². The maximum Gasteiger partial charge on any atom is 0.172 e. The predicted molar refractivity (Wildman–Crippen MR) is 75.6 cm³/mol. The van der Waals surface area contributed by atoms with Gasteiger partial charge in [0, 0.05) is 11.2 Å². The Labute approximate surface area is 116 Å². The first kappa shape index (κ1) is 12.1. The number of ketones is 1. The molecule has 1 aliphatic heterocycles. The molecule has 0 bridgehead atoms. The number of carbonyl (C=O) groups is 1. The molecular formula is C15H11ClN2O. The maximum atomic E-state index is 12.2. The van der Waals surface area contributed by atoms with Crippen molar-refractivity contribution < 1.29 is 4.79 Å². The molecule has 1 aromatic heterocycles. The summed E-state index contributed by atoms with van der Waals surface area (Å²) in [6, 6.07) is 9.20. The van der Waals surface area contributed by atoms with E-state index >= 15 is 0 Å². The number of nitrogens with zero attached hydrogens (tertiary/aromatic N) is 2. The van der Waals surface area contributed by atoms with Crippen molar-refractivity contribution in [2.75, 3.05) is 0 Å². The Bertz CT molecular complexity index is 707. The summed E-state index contributed by atoms with van der Waals surface area (Å²) in [7, 11) is 0. The largest absolute Gasteiger partial charge is 0.294 e. The van der Waals surface area contributed by atoms with Gasteiger partial charge in [0.2, 0.25) is 0 Å². The Balaban J connectivity index is 2.11. The van der Waals surface area contributed by atoms with E-state index in [2.05, 4.69) is 9.98 Å². The van der Waals surface area contributed by atoms with Crippen LogP contribution in [0.2, 0.25) is 5.02 Å². The SMILES string of the molecule is Cc1cnc2c(c1)C(=O)CC(c1cccc(Cl)c1)=N2. The summed E-state index contributed by atoms with van der Waals surface area (Å²) in [5, 5.41) is 0.635. The molecule has 0 unspecified atom stereocenters. The highest BCUT2D eigenvalue weighted by Gasteiger charge is 2.22. The lowest BCUT2D eigenvalue weighted by atomic mass is 9.97. The zero-order chi connectivity index (χ0) is 13.4. The van der Waals surface area contributed by atoms with Crippen molar-refractivity contribution in [1.29, 1.82) is 0 Å². The van der Waals surface area contributed by atoms with Crippen LogP contribution in [0.5, 0.6) is 0 Å². The zero-order valence-electron chi connectivity index (χ0n) is 10.4. The van der Waals surface area contributed by atoms with Crippen LogP contribution in [0.25, 0.3) is 0 Å². The van der Waals surface area contributed by atoms with Gasteiger partial charge in [0.1, 0.15) is 0 Å². The third kappa shape index (κ3) is 2.29. The van der Waals surface area contributed by atoms with Gasteiger partial charge in [-0.05, 0) is 36.2 Å². The van der Waals surface area contributed by atoms with Gasteiger partial charge in [0.25, 0.3) is 0 Å². The molecule has 3 nitrogen and oxygen atoms in total. The second-order valence-corrected chi connectivity index (χ2v) is 4.99. The van der Waals surface area contributed by atoms with Gasteiger partial charge in [-0.3, -0.25) is 4.79 Å². The van der Waals surface area contributed by atoms with Crippen molar-refractivity contribution in [1.82, 2.24) is 4.98 Å². The number of aromatic nitrogens is 1. The Morgan fingerprint density at radius 2 is 2.11 bits per heavy atom. The molecule has 2 heterocycles. The van der Waals surface area contributed by atoms with Gasteiger partial charge >= 0.3 is 0 Å². The quantitative estimate of drug-likeness (QED) is 0.792. The summed E-state index contributed by atoms with van der Waals surface area (Å²) >= 11 is 5.97. The zero-order valence-corrected chi connectivity index (χ0v) is 11.1. The molecule has 0 spiro atoms. The molecule has 19 heavy (non-hydrogen) atoms. The number of aryl methyl sites for hydroxylation is 1. The summed E-state index contributed by atoms with van der Waals surface area (Å²) in [6.07, 6.45) is 2.01.